The predicted octanol–water partition coefficient (Wildman–Crippen LogP) is 6.03. The summed E-state index contributed by atoms with van der Waals surface area (Å²) in [5, 5.41) is 7.00. The lowest BCUT2D eigenvalue weighted by atomic mass is 10.0. The van der Waals surface area contributed by atoms with E-state index in [9.17, 15) is 0 Å². The van der Waals surface area contributed by atoms with Gasteiger partial charge in [-0.05, 0) is 23.1 Å². The third-order valence-electron chi connectivity index (χ3n) is 3.94. The molecule has 2 aromatic carbocycles. The summed E-state index contributed by atoms with van der Waals surface area (Å²) in [6.07, 6.45) is 11.9. The highest BCUT2D eigenvalue weighted by Gasteiger charge is 1.96. The number of aliphatic hydroxyl groups excluding tert-OH is 1. The molecule has 1 heteroatoms. The van der Waals surface area contributed by atoms with Gasteiger partial charge in [-0.2, -0.15) is 0 Å². The smallest absolute Gasteiger partial charge is 0.0319 e. The van der Waals surface area contributed by atoms with Gasteiger partial charge >= 0.3 is 0 Å². The molecule has 1 nitrogen and oxygen atoms in total. The van der Waals surface area contributed by atoms with Crippen LogP contribution in [-0.2, 0) is 6.42 Å². The lowest BCUT2D eigenvalue weighted by molar-refractivity contribution is 0.399. The van der Waals surface area contributed by atoms with Crippen LogP contribution >= 0.6 is 0 Å². The molecular weight excluding hydrogens is 280 g/mol. The molecule has 0 radical (unpaired) electrons. The van der Waals surface area contributed by atoms with E-state index in [1.165, 1.54) is 55.2 Å². The van der Waals surface area contributed by atoms with E-state index in [1.54, 1.807) is 0 Å². The van der Waals surface area contributed by atoms with Gasteiger partial charge in [0.25, 0.3) is 0 Å². The molecule has 0 spiro atoms. The zero-order chi connectivity index (χ0) is 16.8. The first-order chi connectivity index (χ1) is 11.4. The third kappa shape index (κ3) is 7.80. The normalized spacial score (nSPS) is 13.0. The molecule has 1 aliphatic rings. The van der Waals surface area contributed by atoms with Crippen molar-refractivity contribution in [3.8, 4) is 11.1 Å². The van der Waals surface area contributed by atoms with E-state index in [0.717, 1.165) is 13.5 Å². The number of rotatable bonds is 3. The molecule has 0 atom stereocenters. The van der Waals surface area contributed by atoms with Crippen LogP contribution in [-0.4, -0.2) is 12.2 Å². The molecule has 3 rings (SSSR count). The Morgan fingerprint density at radius 2 is 1.17 bits per heavy atom. The molecule has 0 heterocycles. The maximum Gasteiger partial charge on any atom is 0.0319 e. The van der Waals surface area contributed by atoms with Crippen molar-refractivity contribution in [2.24, 2.45) is 0 Å². The minimum absolute atomic E-state index is 0.940. The van der Waals surface area contributed by atoms with E-state index < -0.39 is 0 Å². The van der Waals surface area contributed by atoms with Crippen molar-refractivity contribution in [2.75, 3.05) is 7.11 Å². The molecule has 124 valence electrons. The highest BCUT2D eigenvalue weighted by atomic mass is 16.2. The van der Waals surface area contributed by atoms with Crippen LogP contribution in [0.1, 0.15) is 44.1 Å². The minimum atomic E-state index is 0.940. The maximum atomic E-state index is 7.00. The second-order valence-corrected chi connectivity index (χ2v) is 5.68. The number of hydrogen-bond acceptors (Lipinski definition) is 1. The van der Waals surface area contributed by atoms with Crippen LogP contribution in [0.4, 0.5) is 0 Å². The van der Waals surface area contributed by atoms with Crippen LogP contribution in [0, 0.1) is 0 Å². The number of hydrogen-bond donors (Lipinski definition) is 1. The molecular formula is C22H30O. The number of aliphatic hydroxyl groups is 1. The van der Waals surface area contributed by atoms with Crippen molar-refractivity contribution in [1.29, 1.82) is 0 Å². The Labute approximate surface area is 141 Å². The number of allylic oxidation sites excluding steroid dienone is 1. The average Bonchev–Trinajstić information content (AvgIpc) is 2.67. The fourth-order valence-electron chi connectivity index (χ4n) is 2.69. The van der Waals surface area contributed by atoms with E-state index in [-0.39, 0.29) is 0 Å². The van der Waals surface area contributed by atoms with Crippen LogP contribution in [0.3, 0.4) is 0 Å². The molecule has 0 bridgehead atoms. The first-order valence-corrected chi connectivity index (χ1v) is 8.60. The van der Waals surface area contributed by atoms with Gasteiger partial charge < -0.3 is 5.11 Å². The summed E-state index contributed by atoms with van der Waals surface area (Å²) in [7, 11) is 1.00. The monoisotopic (exact) mass is 310 g/mol. The summed E-state index contributed by atoms with van der Waals surface area (Å²) in [6.45, 7) is 3.74. The van der Waals surface area contributed by atoms with Crippen molar-refractivity contribution < 1.29 is 5.11 Å². The lowest BCUT2D eigenvalue weighted by Crippen LogP contribution is -1.85. The summed E-state index contributed by atoms with van der Waals surface area (Å²) < 4.78 is 0. The second kappa shape index (κ2) is 12.7. The van der Waals surface area contributed by atoms with Crippen molar-refractivity contribution >= 4 is 0 Å². The van der Waals surface area contributed by atoms with Gasteiger partial charge in [0, 0.05) is 7.11 Å². The molecule has 1 N–H and O–H groups in total. The molecule has 2 aromatic rings. The standard InChI is InChI=1S/C15H14.C6H12.CH4O/c1-2-6-13-9-11-15(12-10-13)14-7-4-3-5-8-14;1-2-4-6-5-3-1;1-2/h2-5,7-12H,1,6H2;1-6H2;2H,1H3. The Morgan fingerprint density at radius 1 is 0.739 bits per heavy atom. The summed E-state index contributed by atoms with van der Waals surface area (Å²) in [5.74, 6) is 0. The molecule has 0 unspecified atom stereocenters. The van der Waals surface area contributed by atoms with Crippen molar-refractivity contribution in [3.63, 3.8) is 0 Å². The largest absolute Gasteiger partial charge is 0.400 e. The fourth-order valence-corrected chi connectivity index (χ4v) is 2.69. The van der Waals surface area contributed by atoms with Gasteiger partial charge in [-0.25, -0.2) is 0 Å². The van der Waals surface area contributed by atoms with Crippen molar-refractivity contribution in [1.82, 2.24) is 0 Å². The first-order valence-electron chi connectivity index (χ1n) is 8.60. The van der Waals surface area contributed by atoms with Gasteiger partial charge in [0.1, 0.15) is 0 Å². The molecule has 1 aliphatic carbocycles. The average molecular weight is 310 g/mol. The summed E-state index contributed by atoms with van der Waals surface area (Å²) in [6, 6.07) is 19.1. The highest BCUT2D eigenvalue weighted by molar-refractivity contribution is 5.63. The molecule has 0 aromatic heterocycles. The lowest BCUT2D eigenvalue weighted by Gasteiger charge is -2.05. The van der Waals surface area contributed by atoms with Crippen LogP contribution < -0.4 is 0 Å². The summed E-state index contributed by atoms with van der Waals surface area (Å²) in [4.78, 5) is 0. The third-order valence-corrected chi connectivity index (χ3v) is 3.94. The Kier molecular flexibility index (Phi) is 10.6. The Hall–Kier alpha value is -1.86. The van der Waals surface area contributed by atoms with E-state index in [0.29, 0.717) is 0 Å². The maximum absolute atomic E-state index is 7.00. The fraction of sp³-hybridized carbons (Fsp3) is 0.364. The van der Waals surface area contributed by atoms with Gasteiger partial charge in [-0.3, -0.25) is 0 Å². The van der Waals surface area contributed by atoms with Gasteiger partial charge in [0.15, 0.2) is 0 Å². The number of benzene rings is 2. The quantitative estimate of drug-likeness (QED) is 0.686. The Morgan fingerprint density at radius 3 is 1.61 bits per heavy atom. The molecule has 0 amide bonds. The second-order valence-electron chi connectivity index (χ2n) is 5.68. The van der Waals surface area contributed by atoms with Crippen LogP contribution in [0.15, 0.2) is 67.3 Å². The molecule has 0 saturated heterocycles. The van der Waals surface area contributed by atoms with Crippen molar-refractivity contribution in [3.05, 3.63) is 72.8 Å². The predicted molar refractivity (Wildman–Crippen MR) is 102 cm³/mol. The highest BCUT2D eigenvalue weighted by Crippen LogP contribution is 2.19. The van der Waals surface area contributed by atoms with Crippen LogP contribution in [0.5, 0.6) is 0 Å². The van der Waals surface area contributed by atoms with Crippen LogP contribution in [0.25, 0.3) is 11.1 Å². The van der Waals surface area contributed by atoms with E-state index >= 15 is 0 Å². The zero-order valence-corrected chi connectivity index (χ0v) is 14.4. The molecule has 1 fully saturated rings. The van der Waals surface area contributed by atoms with Gasteiger partial charge in [0.2, 0.25) is 0 Å². The topological polar surface area (TPSA) is 20.2 Å². The van der Waals surface area contributed by atoms with Gasteiger partial charge in [-0.1, -0.05) is 99.2 Å². The molecule has 0 aliphatic heterocycles. The van der Waals surface area contributed by atoms with E-state index in [1.807, 2.05) is 12.1 Å². The zero-order valence-electron chi connectivity index (χ0n) is 14.4. The van der Waals surface area contributed by atoms with Gasteiger partial charge in [0.05, 0.1) is 0 Å². The van der Waals surface area contributed by atoms with Crippen molar-refractivity contribution in [2.45, 2.75) is 44.9 Å². The molecule has 1 saturated carbocycles. The van der Waals surface area contributed by atoms with E-state index in [4.69, 9.17) is 5.11 Å². The Bertz CT molecular complexity index is 498. The molecule has 23 heavy (non-hydrogen) atoms. The first kappa shape index (κ1) is 19.2. The SMILES string of the molecule is C1CCCCC1.C=CCc1ccc(-c2ccccc2)cc1.CO. The van der Waals surface area contributed by atoms with E-state index in [2.05, 4.69) is 55.1 Å². The minimum Gasteiger partial charge on any atom is -0.400 e. The summed E-state index contributed by atoms with van der Waals surface area (Å²) >= 11 is 0. The van der Waals surface area contributed by atoms with Gasteiger partial charge in [-0.15, -0.1) is 6.58 Å². The summed E-state index contributed by atoms with van der Waals surface area (Å²) in [5.41, 5.74) is 3.84. The Balaban J connectivity index is 0.000000276. The van der Waals surface area contributed by atoms with Crippen LogP contribution in [0.2, 0.25) is 0 Å².